The number of amides is 8. The molecule has 0 spiro atoms. The van der Waals surface area contributed by atoms with Crippen molar-refractivity contribution >= 4 is 106 Å². The number of hydrogen-bond donors (Lipinski definition) is 6. The minimum Gasteiger partial charge on any atom is -0.477 e. The van der Waals surface area contributed by atoms with E-state index in [2.05, 4.69) is 26.6 Å². The second kappa shape index (κ2) is 37.1. The Morgan fingerprint density at radius 2 is 1.12 bits per heavy atom. The van der Waals surface area contributed by atoms with Gasteiger partial charge >= 0.3 is 35.8 Å². The lowest BCUT2D eigenvalue weighted by molar-refractivity contribution is -0.196. The summed E-state index contributed by atoms with van der Waals surface area (Å²) >= 11 is 7.38. The second-order valence-electron chi connectivity index (χ2n) is 21.0. The molecular weight excluding hydrogens is 1240 g/mol. The van der Waals surface area contributed by atoms with Crippen LogP contribution in [-0.4, -0.2) is 167 Å². The summed E-state index contributed by atoms with van der Waals surface area (Å²) in [6.45, 7) is 6.15. The number of halogens is 1. The molecule has 3 atom stereocenters. The van der Waals surface area contributed by atoms with Crippen molar-refractivity contribution in [2.24, 2.45) is 5.92 Å². The van der Waals surface area contributed by atoms with Crippen LogP contribution in [0.4, 0.5) is 0 Å². The molecule has 496 valence electrons. The molecular formula is C62H75ClN8O20S. The maximum absolute atomic E-state index is 13.7. The van der Waals surface area contributed by atoms with E-state index in [0.717, 1.165) is 44.6 Å². The molecule has 0 aliphatic carbocycles. The normalized spacial score (nSPS) is 14.2. The maximum Gasteiger partial charge on any atom is 0.353 e. The highest BCUT2D eigenvalue weighted by Crippen LogP contribution is 2.44. The number of hydrogen-bond acceptors (Lipinski definition) is 20. The number of carboxylic acids is 1. The minimum atomic E-state index is -1.32. The lowest BCUT2D eigenvalue weighted by Crippen LogP contribution is -2.64. The Bertz CT molecular complexity index is 3270. The lowest BCUT2D eigenvalue weighted by Gasteiger charge is -2.49. The van der Waals surface area contributed by atoms with Crippen molar-refractivity contribution in [1.29, 1.82) is 0 Å². The number of unbranched alkanes of at least 4 members (excludes halogenated alkanes) is 3. The fourth-order valence-electron chi connectivity index (χ4n) is 9.57. The van der Waals surface area contributed by atoms with Crippen LogP contribution in [0.15, 0.2) is 77.5 Å². The smallest absolute Gasteiger partial charge is 0.353 e. The summed E-state index contributed by atoms with van der Waals surface area (Å²) in [4.78, 5) is 185. The van der Waals surface area contributed by atoms with E-state index in [1.54, 1.807) is 30.3 Å². The third kappa shape index (κ3) is 23.1. The highest BCUT2D eigenvalue weighted by Gasteiger charge is 2.53. The third-order valence-corrected chi connectivity index (χ3v) is 15.6. The molecule has 3 aromatic carbocycles. The molecule has 1 unspecified atom stereocenters. The number of aliphatic carboxylic acids is 1. The predicted octanol–water partition coefficient (Wildman–Crippen LogP) is 4.17. The van der Waals surface area contributed by atoms with Crippen molar-refractivity contribution in [2.45, 2.75) is 117 Å². The molecule has 30 heteroatoms. The molecule has 2 aliphatic heterocycles. The van der Waals surface area contributed by atoms with Crippen molar-refractivity contribution in [2.75, 3.05) is 58.1 Å². The van der Waals surface area contributed by atoms with Gasteiger partial charge < -0.3 is 60.4 Å². The molecule has 0 aromatic heterocycles. The van der Waals surface area contributed by atoms with Crippen LogP contribution in [0.1, 0.15) is 137 Å². The highest BCUT2D eigenvalue weighted by atomic mass is 35.5. The number of nitrogens with one attached hydrogen (secondary N) is 5. The van der Waals surface area contributed by atoms with Crippen LogP contribution in [0.5, 0.6) is 23.0 Å². The molecule has 28 nitrogen and oxygen atoms in total. The van der Waals surface area contributed by atoms with Crippen LogP contribution in [0.25, 0.3) is 0 Å². The van der Waals surface area contributed by atoms with Gasteiger partial charge in [0.15, 0.2) is 23.0 Å². The van der Waals surface area contributed by atoms with E-state index in [9.17, 15) is 72.2 Å². The number of β-lactam (4-membered cyclic amide) rings is 1. The summed E-state index contributed by atoms with van der Waals surface area (Å²) in [6.07, 6.45) is 1.69. The Kier molecular flexibility index (Phi) is 29.6. The van der Waals surface area contributed by atoms with E-state index >= 15 is 0 Å². The summed E-state index contributed by atoms with van der Waals surface area (Å²) in [7, 11) is 0. The zero-order chi connectivity index (χ0) is 67.4. The van der Waals surface area contributed by atoms with Gasteiger partial charge in [-0.3, -0.25) is 67.2 Å². The summed E-state index contributed by atoms with van der Waals surface area (Å²) in [5.74, 6) is -11.2. The molecule has 5 rings (SSSR count). The van der Waals surface area contributed by atoms with Crippen LogP contribution in [0, 0.1) is 5.92 Å². The second-order valence-corrected chi connectivity index (χ2v) is 22.6. The zero-order valence-corrected chi connectivity index (χ0v) is 53.1. The number of benzene rings is 3. The predicted molar refractivity (Wildman–Crippen MR) is 329 cm³/mol. The molecule has 6 N–H and O–H groups in total. The van der Waals surface area contributed by atoms with Gasteiger partial charge in [0.2, 0.25) is 29.5 Å². The first-order valence-corrected chi connectivity index (χ1v) is 31.0. The largest absolute Gasteiger partial charge is 0.477 e. The molecule has 2 heterocycles. The van der Waals surface area contributed by atoms with Gasteiger partial charge in [-0.15, -0.1) is 11.8 Å². The Balaban J connectivity index is 1.06. The SMILES string of the molecule is CC(=O)Oc1cccc(C(=O)NCCCCN(CCCNC(=O)c2cccc(OC(C)=O)c2OC(C)=O)C(=O)CCC(=O)NCCCCCN(OC(C)=O)C(=O)CCCC(=O)NC[C@@H](C(=O)NC[C@@H]2C(=O)N3C(C(=O)O)=C(Cl)CSC23)c2ccccc2)c1OC(C)=O. The van der Waals surface area contributed by atoms with E-state index in [1.807, 2.05) is 0 Å². The number of nitrogens with zero attached hydrogens (tertiary/aromatic N) is 3. The summed E-state index contributed by atoms with van der Waals surface area (Å²) in [5.41, 5.74) is 0.160. The van der Waals surface area contributed by atoms with Crippen molar-refractivity contribution in [3.63, 3.8) is 0 Å². The van der Waals surface area contributed by atoms with Crippen molar-refractivity contribution in [1.82, 2.24) is 41.4 Å². The van der Waals surface area contributed by atoms with Gasteiger partial charge in [-0.25, -0.2) is 4.79 Å². The number of esters is 4. The van der Waals surface area contributed by atoms with Crippen molar-refractivity contribution < 1.29 is 96.0 Å². The molecule has 8 amide bonds. The average molecular weight is 1320 g/mol. The highest BCUT2D eigenvalue weighted by molar-refractivity contribution is 8.00. The molecule has 1 fully saturated rings. The van der Waals surface area contributed by atoms with Gasteiger partial charge in [0.25, 0.3) is 17.7 Å². The van der Waals surface area contributed by atoms with E-state index in [1.165, 1.54) is 53.1 Å². The van der Waals surface area contributed by atoms with E-state index < -0.39 is 94.4 Å². The minimum absolute atomic E-state index is 0.0169. The Morgan fingerprint density at radius 1 is 0.576 bits per heavy atom. The maximum atomic E-state index is 13.7. The fourth-order valence-corrected chi connectivity index (χ4v) is 11.2. The topological polar surface area (TPSA) is 375 Å². The van der Waals surface area contributed by atoms with Crippen molar-refractivity contribution in [3.05, 3.63) is 94.1 Å². The number of para-hydroxylation sites is 2. The number of thioether (sulfide) groups is 1. The number of hydroxylamine groups is 2. The third-order valence-electron chi connectivity index (χ3n) is 13.8. The number of rotatable bonds is 35. The molecule has 1 saturated heterocycles. The van der Waals surface area contributed by atoms with Gasteiger partial charge in [0.05, 0.1) is 39.9 Å². The Labute approximate surface area is 539 Å². The summed E-state index contributed by atoms with van der Waals surface area (Å²) in [6, 6.07) is 17.0. The monoisotopic (exact) mass is 1320 g/mol. The number of carbonyl (C=O) groups excluding carboxylic acids is 13. The Morgan fingerprint density at radius 3 is 1.70 bits per heavy atom. The van der Waals surface area contributed by atoms with Crippen LogP contribution < -0.4 is 45.5 Å². The molecule has 3 aromatic rings. The van der Waals surface area contributed by atoms with Gasteiger partial charge in [0.1, 0.15) is 5.70 Å². The van der Waals surface area contributed by atoms with Gasteiger partial charge in [-0.2, -0.15) is 5.06 Å². The first-order chi connectivity index (χ1) is 43.9. The quantitative estimate of drug-likeness (QED) is 0.0158. The number of fused-ring (bicyclic) bond motifs is 1. The van der Waals surface area contributed by atoms with E-state index in [4.69, 9.17) is 35.4 Å². The van der Waals surface area contributed by atoms with Crippen LogP contribution in [0.3, 0.4) is 0 Å². The van der Waals surface area contributed by atoms with Crippen molar-refractivity contribution in [3.8, 4) is 23.0 Å². The van der Waals surface area contributed by atoms with E-state index in [-0.39, 0.29) is 147 Å². The zero-order valence-electron chi connectivity index (χ0n) is 51.6. The molecule has 0 radical (unpaired) electrons. The standard InChI is InChI=1S/C62H75ClN8O20S/c1-37(72)87-48-22-14-20-43(55(48)89-39(3)74)57(81)65-29-11-13-31-69(32-17-30-66-58(82)44-21-15-23-49(88-38(2)73)56(44)90-40(4)75)52(79)27-26-51(78)64-28-10-7-12-33-70(91-41(5)76)53(80)25-16-24-50(77)67-34-45(42-18-8-6-9-19-42)59(83)68-35-46-60(84)71-54(62(85)86)47(63)36-92-61(46)71/h6,8-9,14-15,18-23,45-46,61H,7,10-13,16-17,24-36H2,1-5H3,(H,64,78)(H,65,81)(H,66,82)(H,67,77)(H,68,83)(H,85,86)/t45-,46-,61?/m1/s1. The number of carboxylic acid groups (broad SMARTS) is 1. The van der Waals surface area contributed by atoms with E-state index in [0.29, 0.717) is 37.7 Å². The van der Waals surface area contributed by atoms with Crippen LogP contribution in [0.2, 0.25) is 0 Å². The molecule has 0 saturated carbocycles. The molecule has 92 heavy (non-hydrogen) atoms. The summed E-state index contributed by atoms with van der Waals surface area (Å²) < 4.78 is 20.7. The Hall–Kier alpha value is -9.38. The van der Waals surface area contributed by atoms with Crippen LogP contribution in [-0.2, 0) is 62.4 Å². The average Bonchev–Trinajstić information content (AvgIpc) is 0.740. The first-order valence-electron chi connectivity index (χ1n) is 29.6. The number of carbonyl (C=O) groups is 14. The molecule has 2 aliphatic rings. The fraction of sp³-hybridized carbons (Fsp3) is 0.452. The lowest BCUT2D eigenvalue weighted by atomic mass is 9.94. The number of ether oxygens (including phenoxy) is 4. The van der Waals surface area contributed by atoms with Gasteiger partial charge in [-0.1, -0.05) is 54.1 Å². The van der Waals surface area contributed by atoms with Gasteiger partial charge in [0, 0.05) is 112 Å². The molecule has 0 bridgehead atoms. The van der Waals surface area contributed by atoms with Gasteiger partial charge in [-0.05, 0) is 74.8 Å². The summed E-state index contributed by atoms with van der Waals surface area (Å²) in [5, 5.41) is 23.8. The van der Waals surface area contributed by atoms with Crippen LogP contribution >= 0.6 is 23.4 Å². The first kappa shape index (κ1) is 73.4.